The molecule has 1 unspecified atom stereocenters. The van der Waals surface area contributed by atoms with E-state index in [9.17, 15) is 0 Å². The van der Waals surface area contributed by atoms with E-state index in [1.165, 1.54) is 89.2 Å². The molecular formula is C25H42N2. The van der Waals surface area contributed by atoms with Gasteiger partial charge in [0.05, 0.1) is 0 Å². The predicted molar refractivity (Wildman–Crippen MR) is 118 cm³/mol. The number of unbranched alkanes of at least 4 members (excludes halogenated alkanes) is 11. The zero-order chi connectivity index (χ0) is 19.2. The Labute approximate surface area is 168 Å². The minimum absolute atomic E-state index is 0.393. The van der Waals surface area contributed by atoms with Gasteiger partial charge in [-0.05, 0) is 18.9 Å². The highest BCUT2D eigenvalue weighted by Crippen LogP contribution is 2.30. The third-order valence-electron chi connectivity index (χ3n) is 5.81. The van der Waals surface area contributed by atoms with Crippen LogP contribution in [-0.2, 0) is 0 Å². The second-order valence-electron chi connectivity index (χ2n) is 8.04. The Hall–Kier alpha value is -1.44. The summed E-state index contributed by atoms with van der Waals surface area (Å²) in [5, 5.41) is 0. The molecule has 1 heterocycles. The van der Waals surface area contributed by atoms with Crippen LogP contribution in [0.2, 0.25) is 0 Å². The summed E-state index contributed by atoms with van der Waals surface area (Å²) in [5.74, 6) is 0. The molecule has 0 amide bonds. The maximum absolute atomic E-state index is 2.52. The van der Waals surface area contributed by atoms with Gasteiger partial charge in [0.1, 0.15) is 6.17 Å². The molecule has 0 fully saturated rings. The molecule has 0 bridgehead atoms. The first-order valence-corrected chi connectivity index (χ1v) is 11.6. The van der Waals surface area contributed by atoms with Crippen molar-refractivity contribution in [3.63, 3.8) is 0 Å². The number of benzene rings is 1. The first-order chi connectivity index (χ1) is 13.4. The molecule has 2 nitrogen and oxygen atoms in total. The van der Waals surface area contributed by atoms with Crippen molar-refractivity contribution in [3.05, 3.63) is 48.3 Å². The smallest absolute Gasteiger partial charge is 0.127 e. The average molecular weight is 371 g/mol. The highest BCUT2D eigenvalue weighted by Gasteiger charge is 2.25. The van der Waals surface area contributed by atoms with Crippen LogP contribution in [0.5, 0.6) is 0 Å². The lowest BCUT2D eigenvalue weighted by Gasteiger charge is -2.32. The highest BCUT2D eigenvalue weighted by atomic mass is 15.4. The van der Waals surface area contributed by atoms with Crippen LogP contribution in [-0.4, -0.2) is 22.9 Å². The molecule has 0 saturated carbocycles. The van der Waals surface area contributed by atoms with E-state index in [1.807, 2.05) is 0 Å². The van der Waals surface area contributed by atoms with Crippen molar-refractivity contribution in [1.82, 2.24) is 9.80 Å². The van der Waals surface area contributed by atoms with Gasteiger partial charge in [-0.1, -0.05) is 108 Å². The van der Waals surface area contributed by atoms with Crippen LogP contribution in [0.25, 0.3) is 0 Å². The van der Waals surface area contributed by atoms with Crippen molar-refractivity contribution in [1.29, 1.82) is 0 Å². The van der Waals surface area contributed by atoms with Crippen molar-refractivity contribution in [2.24, 2.45) is 0 Å². The summed E-state index contributed by atoms with van der Waals surface area (Å²) in [7, 11) is 0. The van der Waals surface area contributed by atoms with E-state index in [2.05, 4.69) is 66.4 Å². The second-order valence-corrected chi connectivity index (χ2v) is 8.04. The summed E-state index contributed by atoms with van der Waals surface area (Å²) < 4.78 is 0. The third kappa shape index (κ3) is 7.99. The molecule has 152 valence electrons. The summed E-state index contributed by atoms with van der Waals surface area (Å²) in [6.07, 6.45) is 21.9. The van der Waals surface area contributed by atoms with Gasteiger partial charge in [0.2, 0.25) is 0 Å². The molecule has 1 aliphatic rings. The van der Waals surface area contributed by atoms with Crippen LogP contribution in [0.1, 0.15) is 103 Å². The number of hydrogen-bond donors (Lipinski definition) is 0. The molecule has 1 aromatic rings. The van der Waals surface area contributed by atoms with Crippen LogP contribution < -0.4 is 0 Å². The second kappa shape index (κ2) is 13.7. The van der Waals surface area contributed by atoms with Gasteiger partial charge in [0.25, 0.3) is 0 Å². The summed E-state index contributed by atoms with van der Waals surface area (Å²) >= 11 is 0. The number of nitrogens with zero attached hydrogens (tertiary/aromatic N) is 2. The Kier molecular flexibility index (Phi) is 11.1. The van der Waals surface area contributed by atoms with Crippen molar-refractivity contribution in [2.75, 3.05) is 13.1 Å². The maximum atomic E-state index is 2.52. The molecule has 2 rings (SSSR count). The Morgan fingerprint density at radius 1 is 0.630 bits per heavy atom. The monoisotopic (exact) mass is 370 g/mol. The summed E-state index contributed by atoms with van der Waals surface area (Å²) in [6.45, 7) is 6.77. The van der Waals surface area contributed by atoms with Crippen LogP contribution in [0, 0.1) is 0 Å². The van der Waals surface area contributed by atoms with E-state index in [0.717, 1.165) is 6.54 Å². The van der Waals surface area contributed by atoms with Gasteiger partial charge in [0.15, 0.2) is 0 Å². The van der Waals surface area contributed by atoms with E-state index in [-0.39, 0.29) is 0 Å². The average Bonchev–Trinajstić information content (AvgIpc) is 3.12. The molecular weight excluding hydrogens is 328 g/mol. The van der Waals surface area contributed by atoms with E-state index < -0.39 is 0 Å². The fraction of sp³-hybridized carbons (Fsp3) is 0.680. The Bertz CT molecular complexity index is 496. The van der Waals surface area contributed by atoms with Crippen LogP contribution in [0.3, 0.4) is 0 Å². The number of hydrogen-bond acceptors (Lipinski definition) is 2. The Morgan fingerprint density at radius 2 is 1.15 bits per heavy atom. The molecule has 0 spiro atoms. The maximum Gasteiger partial charge on any atom is 0.127 e. The normalized spacial score (nSPS) is 16.4. The van der Waals surface area contributed by atoms with Gasteiger partial charge < -0.3 is 9.80 Å². The standard InChI is InChI=1S/C25H42N2/c1-3-5-6-7-8-9-10-11-12-13-14-18-21-27-23-22-26(4-2)25(27)24-19-16-15-17-20-24/h15-17,19-20,22-23,25H,3-14,18,21H2,1-2H3. The van der Waals surface area contributed by atoms with Crippen molar-refractivity contribution >= 4 is 0 Å². The first-order valence-electron chi connectivity index (χ1n) is 11.6. The summed E-state index contributed by atoms with van der Waals surface area (Å²) in [5.41, 5.74) is 1.41. The van der Waals surface area contributed by atoms with Gasteiger partial charge in [-0.3, -0.25) is 0 Å². The topological polar surface area (TPSA) is 6.48 Å². The molecule has 1 aliphatic heterocycles. The highest BCUT2D eigenvalue weighted by molar-refractivity contribution is 5.21. The third-order valence-corrected chi connectivity index (χ3v) is 5.81. The summed E-state index contributed by atoms with van der Waals surface area (Å²) in [6, 6.07) is 10.9. The van der Waals surface area contributed by atoms with Gasteiger partial charge in [0, 0.05) is 25.5 Å². The largest absolute Gasteiger partial charge is 0.353 e. The molecule has 0 aromatic heterocycles. The zero-order valence-electron chi connectivity index (χ0n) is 17.9. The van der Waals surface area contributed by atoms with Gasteiger partial charge >= 0.3 is 0 Å². The minimum Gasteiger partial charge on any atom is -0.353 e. The van der Waals surface area contributed by atoms with Crippen LogP contribution in [0.15, 0.2) is 42.7 Å². The molecule has 0 radical (unpaired) electrons. The lowest BCUT2D eigenvalue weighted by Crippen LogP contribution is -2.31. The molecule has 0 saturated heterocycles. The number of rotatable bonds is 15. The molecule has 27 heavy (non-hydrogen) atoms. The zero-order valence-corrected chi connectivity index (χ0v) is 17.9. The van der Waals surface area contributed by atoms with E-state index >= 15 is 0 Å². The summed E-state index contributed by atoms with van der Waals surface area (Å²) in [4.78, 5) is 4.96. The van der Waals surface area contributed by atoms with Crippen molar-refractivity contribution < 1.29 is 0 Å². The SMILES string of the molecule is CCCCCCCCCCCCCCN1C=CN(CC)C1c1ccccc1. The molecule has 0 N–H and O–H groups in total. The molecule has 0 aliphatic carbocycles. The first kappa shape index (κ1) is 21.9. The lowest BCUT2D eigenvalue weighted by molar-refractivity contribution is 0.157. The fourth-order valence-corrected chi connectivity index (χ4v) is 4.14. The van der Waals surface area contributed by atoms with Gasteiger partial charge in [-0.25, -0.2) is 0 Å². The van der Waals surface area contributed by atoms with E-state index in [4.69, 9.17) is 0 Å². The minimum atomic E-state index is 0.393. The Morgan fingerprint density at radius 3 is 1.70 bits per heavy atom. The molecule has 1 atom stereocenters. The van der Waals surface area contributed by atoms with E-state index in [0.29, 0.717) is 6.17 Å². The quantitative estimate of drug-likeness (QED) is 0.295. The van der Waals surface area contributed by atoms with Crippen molar-refractivity contribution in [3.8, 4) is 0 Å². The van der Waals surface area contributed by atoms with Crippen LogP contribution in [0.4, 0.5) is 0 Å². The fourth-order valence-electron chi connectivity index (χ4n) is 4.14. The lowest BCUT2D eigenvalue weighted by atomic mass is 10.1. The van der Waals surface area contributed by atoms with Gasteiger partial charge in [-0.15, -0.1) is 0 Å². The van der Waals surface area contributed by atoms with Gasteiger partial charge in [-0.2, -0.15) is 0 Å². The van der Waals surface area contributed by atoms with E-state index in [1.54, 1.807) is 0 Å². The molecule has 1 aromatic carbocycles. The predicted octanol–water partition coefficient (Wildman–Crippen LogP) is 7.50. The Balaban J connectivity index is 1.54. The van der Waals surface area contributed by atoms with Crippen LogP contribution >= 0.6 is 0 Å². The molecule has 2 heteroatoms. The van der Waals surface area contributed by atoms with Crippen molar-refractivity contribution in [2.45, 2.75) is 97.1 Å².